The average Bonchev–Trinajstić information content (AvgIpc) is 3.39. The number of aryl methyl sites for hydroxylation is 1. The molecule has 0 bridgehead atoms. The van der Waals surface area contributed by atoms with Crippen molar-refractivity contribution in [2.45, 2.75) is 13.0 Å². The molecule has 0 aliphatic carbocycles. The van der Waals surface area contributed by atoms with Gasteiger partial charge in [0, 0.05) is 11.6 Å². The number of halogens is 2. The van der Waals surface area contributed by atoms with E-state index in [0.717, 1.165) is 40.0 Å². The first-order valence-corrected chi connectivity index (χ1v) is 11.7. The van der Waals surface area contributed by atoms with Crippen LogP contribution in [0.1, 0.15) is 27.0 Å². The SMILES string of the molecule is Cc1nc(-c2ccccc2)sc1C(=O)C1=C(O)C(=O)N(c2cc(F)ccc2F)C1c1ccc(O)cc1. The number of amides is 1. The summed E-state index contributed by atoms with van der Waals surface area (Å²) in [6, 6.07) is 16.1. The summed E-state index contributed by atoms with van der Waals surface area (Å²) in [5.74, 6) is -4.35. The van der Waals surface area contributed by atoms with Crippen LogP contribution in [0.15, 0.2) is 84.1 Å². The van der Waals surface area contributed by atoms with Gasteiger partial charge in [0.05, 0.1) is 27.9 Å². The van der Waals surface area contributed by atoms with Gasteiger partial charge >= 0.3 is 0 Å². The molecule has 3 aromatic carbocycles. The van der Waals surface area contributed by atoms with E-state index < -0.39 is 40.8 Å². The number of phenolic OH excluding ortho intramolecular Hbond substituents is 1. The number of carbonyl (C=O) groups is 2. The van der Waals surface area contributed by atoms with Crippen molar-refractivity contribution in [2.75, 3.05) is 4.90 Å². The number of anilines is 1. The van der Waals surface area contributed by atoms with E-state index in [1.807, 2.05) is 30.3 Å². The van der Waals surface area contributed by atoms with Gasteiger partial charge in [-0.25, -0.2) is 13.8 Å². The van der Waals surface area contributed by atoms with Gasteiger partial charge in [-0.15, -0.1) is 11.3 Å². The number of Topliss-reactive ketones (excluding diaryl/α,β-unsaturated/α-hetero) is 1. The number of hydrogen-bond donors (Lipinski definition) is 2. The highest BCUT2D eigenvalue weighted by Crippen LogP contribution is 2.44. The number of aliphatic hydroxyl groups excluding tert-OH is 1. The zero-order chi connectivity index (χ0) is 25.6. The zero-order valence-electron chi connectivity index (χ0n) is 18.8. The highest BCUT2D eigenvalue weighted by Gasteiger charge is 2.46. The Kier molecular flexibility index (Phi) is 5.85. The highest BCUT2D eigenvalue weighted by atomic mass is 32.1. The fourth-order valence-corrected chi connectivity index (χ4v) is 5.19. The fourth-order valence-electron chi connectivity index (χ4n) is 4.16. The van der Waals surface area contributed by atoms with Gasteiger partial charge in [0.2, 0.25) is 5.78 Å². The van der Waals surface area contributed by atoms with Gasteiger partial charge in [0.1, 0.15) is 22.4 Å². The molecule has 2 N–H and O–H groups in total. The minimum Gasteiger partial charge on any atom is -0.508 e. The number of aromatic hydroxyl groups is 1. The van der Waals surface area contributed by atoms with Gasteiger partial charge in [-0.1, -0.05) is 42.5 Å². The number of phenols is 1. The average molecular weight is 505 g/mol. The van der Waals surface area contributed by atoms with Crippen LogP contribution in [-0.4, -0.2) is 26.9 Å². The standard InChI is InChI=1S/C27H18F2N2O4S/c1-14-25(36-26(30-14)16-5-3-2-4-6-16)23(33)21-22(15-7-10-18(32)11-8-15)31(27(35)24(21)34)20-13-17(28)9-12-19(20)29/h2-13,22,32,34H,1H3. The number of aliphatic hydroxyl groups is 1. The number of aromatic nitrogens is 1. The molecule has 1 aliphatic heterocycles. The minimum absolute atomic E-state index is 0.0709. The molecule has 0 spiro atoms. The molecular weight excluding hydrogens is 486 g/mol. The molecule has 0 fully saturated rings. The second-order valence-corrected chi connectivity index (χ2v) is 9.16. The molecule has 0 saturated heterocycles. The minimum atomic E-state index is -1.27. The molecule has 1 aliphatic rings. The monoisotopic (exact) mass is 504 g/mol. The summed E-state index contributed by atoms with van der Waals surface area (Å²) >= 11 is 1.10. The molecular formula is C27H18F2N2O4S. The van der Waals surface area contributed by atoms with E-state index in [0.29, 0.717) is 16.3 Å². The van der Waals surface area contributed by atoms with Crippen LogP contribution in [0.5, 0.6) is 5.75 Å². The van der Waals surface area contributed by atoms with E-state index in [1.54, 1.807) is 6.92 Å². The predicted molar refractivity (Wildman–Crippen MR) is 131 cm³/mol. The molecule has 4 aromatic rings. The Morgan fingerprint density at radius 3 is 2.39 bits per heavy atom. The summed E-state index contributed by atoms with van der Waals surface area (Å²) < 4.78 is 28.8. The topological polar surface area (TPSA) is 90.7 Å². The second-order valence-electron chi connectivity index (χ2n) is 8.16. The van der Waals surface area contributed by atoms with Crippen molar-refractivity contribution < 1.29 is 28.6 Å². The summed E-state index contributed by atoms with van der Waals surface area (Å²) in [7, 11) is 0. The van der Waals surface area contributed by atoms with E-state index in [4.69, 9.17) is 0 Å². The Morgan fingerprint density at radius 2 is 1.69 bits per heavy atom. The van der Waals surface area contributed by atoms with Crippen LogP contribution < -0.4 is 4.90 Å². The molecule has 2 heterocycles. The number of nitrogens with zero attached hydrogens (tertiary/aromatic N) is 2. The van der Waals surface area contributed by atoms with Crippen molar-refractivity contribution in [3.05, 3.63) is 112 Å². The third kappa shape index (κ3) is 3.93. The van der Waals surface area contributed by atoms with E-state index >= 15 is 0 Å². The second kappa shape index (κ2) is 9.01. The highest BCUT2D eigenvalue weighted by molar-refractivity contribution is 7.17. The molecule has 5 rings (SSSR count). The normalized spacial score (nSPS) is 15.6. The van der Waals surface area contributed by atoms with Crippen LogP contribution in [0, 0.1) is 18.6 Å². The van der Waals surface area contributed by atoms with Gasteiger partial charge in [0.15, 0.2) is 5.76 Å². The van der Waals surface area contributed by atoms with Crippen LogP contribution in [0.4, 0.5) is 14.5 Å². The lowest BCUT2D eigenvalue weighted by Crippen LogP contribution is -2.32. The molecule has 6 nitrogen and oxygen atoms in total. The van der Waals surface area contributed by atoms with Crippen LogP contribution in [0.2, 0.25) is 0 Å². The third-order valence-corrected chi connectivity index (χ3v) is 7.06. The Morgan fingerprint density at radius 1 is 1.00 bits per heavy atom. The van der Waals surface area contributed by atoms with E-state index in [-0.39, 0.29) is 16.2 Å². The fraction of sp³-hybridized carbons (Fsp3) is 0.0741. The van der Waals surface area contributed by atoms with Crippen molar-refractivity contribution in [3.63, 3.8) is 0 Å². The Hall–Kier alpha value is -4.37. The molecule has 1 atom stereocenters. The smallest absolute Gasteiger partial charge is 0.294 e. The summed E-state index contributed by atoms with van der Waals surface area (Å²) in [6.07, 6.45) is 0. The Bertz CT molecular complexity index is 1530. The van der Waals surface area contributed by atoms with Crippen LogP contribution in [-0.2, 0) is 4.79 Å². The van der Waals surface area contributed by atoms with E-state index in [1.165, 1.54) is 24.3 Å². The predicted octanol–water partition coefficient (Wildman–Crippen LogP) is 5.89. The van der Waals surface area contributed by atoms with E-state index in [2.05, 4.69) is 4.98 Å². The molecule has 9 heteroatoms. The maximum Gasteiger partial charge on any atom is 0.294 e. The first-order chi connectivity index (χ1) is 17.3. The maximum atomic E-state index is 14.8. The quantitative estimate of drug-likeness (QED) is 0.331. The van der Waals surface area contributed by atoms with Crippen LogP contribution in [0.3, 0.4) is 0 Å². The Balaban J connectivity index is 1.66. The maximum absolute atomic E-state index is 14.8. The lowest BCUT2D eigenvalue weighted by Gasteiger charge is -2.27. The van der Waals surface area contributed by atoms with Crippen molar-refractivity contribution in [3.8, 4) is 16.3 Å². The van der Waals surface area contributed by atoms with Gasteiger partial charge in [-0.05, 0) is 36.8 Å². The Labute approximate surface area is 208 Å². The van der Waals surface area contributed by atoms with Gasteiger partial charge < -0.3 is 10.2 Å². The molecule has 1 amide bonds. The lowest BCUT2D eigenvalue weighted by atomic mass is 9.94. The molecule has 0 radical (unpaired) electrons. The zero-order valence-corrected chi connectivity index (χ0v) is 19.6. The molecule has 180 valence electrons. The van der Waals surface area contributed by atoms with Crippen molar-refractivity contribution in [2.24, 2.45) is 0 Å². The van der Waals surface area contributed by atoms with Gasteiger partial charge in [-0.3, -0.25) is 14.5 Å². The van der Waals surface area contributed by atoms with Crippen LogP contribution >= 0.6 is 11.3 Å². The summed E-state index contributed by atoms with van der Waals surface area (Å²) in [6.45, 7) is 1.64. The largest absolute Gasteiger partial charge is 0.508 e. The van der Waals surface area contributed by atoms with Crippen molar-refractivity contribution >= 4 is 28.7 Å². The number of ketones is 1. The summed E-state index contributed by atoms with van der Waals surface area (Å²) in [4.78, 5) is 32.5. The van der Waals surface area contributed by atoms with Crippen molar-refractivity contribution in [1.29, 1.82) is 0 Å². The first-order valence-electron chi connectivity index (χ1n) is 10.8. The van der Waals surface area contributed by atoms with Gasteiger partial charge in [-0.2, -0.15) is 0 Å². The number of thiazole rings is 1. The summed E-state index contributed by atoms with van der Waals surface area (Å²) in [5, 5.41) is 21.2. The lowest BCUT2D eigenvalue weighted by molar-refractivity contribution is -0.117. The molecule has 1 unspecified atom stereocenters. The van der Waals surface area contributed by atoms with Crippen LogP contribution in [0.25, 0.3) is 10.6 Å². The molecule has 36 heavy (non-hydrogen) atoms. The van der Waals surface area contributed by atoms with E-state index in [9.17, 15) is 28.6 Å². The number of carbonyl (C=O) groups excluding carboxylic acids is 2. The molecule has 0 saturated carbocycles. The van der Waals surface area contributed by atoms with Gasteiger partial charge in [0.25, 0.3) is 5.91 Å². The number of rotatable bonds is 5. The third-order valence-electron chi connectivity index (χ3n) is 5.85. The first kappa shape index (κ1) is 23.4. The number of hydrogen-bond acceptors (Lipinski definition) is 6. The summed E-state index contributed by atoms with van der Waals surface area (Å²) in [5.41, 5.74) is 0.780. The number of benzene rings is 3. The van der Waals surface area contributed by atoms with Crippen molar-refractivity contribution in [1.82, 2.24) is 4.98 Å². The molecule has 1 aromatic heterocycles.